The molecule has 0 aliphatic heterocycles. The highest BCUT2D eigenvalue weighted by Crippen LogP contribution is 2.42. The summed E-state index contributed by atoms with van der Waals surface area (Å²) in [6.45, 7) is 4.78. The van der Waals surface area contributed by atoms with Crippen molar-refractivity contribution in [3.05, 3.63) is 221 Å². The highest BCUT2D eigenvalue weighted by Gasteiger charge is 2.29. The van der Waals surface area contributed by atoms with E-state index in [1.165, 1.54) is 50.1 Å². The zero-order valence-corrected chi connectivity index (χ0v) is 31.8. The molecule has 0 saturated heterocycles. The van der Waals surface area contributed by atoms with Gasteiger partial charge in [-0.3, -0.25) is 9.98 Å². The Bertz CT molecular complexity index is 2830. The Labute approximate surface area is 334 Å². The van der Waals surface area contributed by atoms with E-state index in [9.17, 15) is 0 Å². The fourth-order valence-electron chi connectivity index (χ4n) is 8.82. The maximum absolute atomic E-state index is 5.41. The van der Waals surface area contributed by atoms with E-state index in [1.54, 1.807) is 0 Å². The number of benzene rings is 7. The number of fused-ring (bicyclic) bond motifs is 4. The van der Waals surface area contributed by atoms with Gasteiger partial charge in [0.25, 0.3) is 0 Å². The quantitative estimate of drug-likeness (QED) is 0.139. The molecule has 2 aliphatic rings. The summed E-state index contributed by atoms with van der Waals surface area (Å²) in [7, 11) is 0. The lowest BCUT2D eigenvalue weighted by molar-refractivity contribution is 0.968. The molecule has 0 radical (unpaired) electrons. The monoisotopic (exact) mass is 731 g/mol. The van der Waals surface area contributed by atoms with Crippen LogP contribution in [0.4, 0.5) is 0 Å². The summed E-state index contributed by atoms with van der Waals surface area (Å²) in [5, 5.41) is 1.34. The third kappa shape index (κ3) is 6.37. The summed E-state index contributed by atoms with van der Waals surface area (Å²) in [6, 6.07) is 63.0. The highest BCUT2D eigenvalue weighted by atomic mass is 15.0. The number of aromatic nitrogens is 1. The zero-order chi connectivity index (χ0) is 38.1. The van der Waals surface area contributed by atoms with Gasteiger partial charge in [-0.25, -0.2) is 0 Å². The van der Waals surface area contributed by atoms with E-state index in [0.717, 1.165) is 63.2 Å². The summed E-state index contributed by atoms with van der Waals surface area (Å²) in [5.41, 5.74) is 19.7. The van der Waals surface area contributed by atoms with Gasteiger partial charge in [-0.05, 0) is 112 Å². The standard InChI is InChI=1S/C54H41N3/c1-55-53(43-32-41(38-19-7-3-8-20-38)31-42(33-43)39-21-9-4-10-22-39)50-35-49-45(27-16-28-48(49)54(50)56-36-37-17-5-2-6-18-37)40-23-15-24-44(34-40)57-51-29-13-11-25-46(51)47-26-12-14-30-52(47)57/h2-11,13-25,27-34H,1,12,26,35-36H2/b53-50-,56-54?. The van der Waals surface area contributed by atoms with Crippen LogP contribution in [-0.4, -0.2) is 17.0 Å². The van der Waals surface area contributed by atoms with Gasteiger partial charge in [0.15, 0.2) is 0 Å². The van der Waals surface area contributed by atoms with Gasteiger partial charge in [0.05, 0.1) is 23.5 Å². The Morgan fingerprint density at radius 3 is 1.96 bits per heavy atom. The third-order valence-corrected chi connectivity index (χ3v) is 11.5. The maximum atomic E-state index is 5.41. The molecule has 272 valence electrons. The Morgan fingerprint density at radius 1 is 0.579 bits per heavy atom. The van der Waals surface area contributed by atoms with E-state index in [4.69, 9.17) is 9.98 Å². The van der Waals surface area contributed by atoms with Crippen LogP contribution in [0, 0.1) is 0 Å². The Balaban J connectivity index is 1.15. The summed E-state index contributed by atoms with van der Waals surface area (Å²) >= 11 is 0. The van der Waals surface area contributed by atoms with Gasteiger partial charge in [0.1, 0.15) is 0 Å². The number of para-hydroxylation sites is 1. The highest BCUT2D eigenvalue weighted by molar-refractivity contribution is 6.21. The van der Waals surface area contributed by atoms with Crippen LogP contribution in [0.3, 0.4) is 0 Å². The van der Waals surface area contributed by atoms with Gasteiger partial charge >= 0.3 is 0 Å². The molecule has 0 N–H and O–H groups in total. The average molecular weight is 732 g/mol. The second-order valence-corrected chi connectivity index (χ2v) is 14.9. The molecule has 0 bridgehead atoms. The molecule has 1 heterocycles. The number of aliphatic imine (C=N–C) groups is 2. The molecule has 10 rings (SSSR count). The van der Waals surface area contributed by atoms with Gasteiger partial charge in [0.2, 0.25) is 0 Å². The minimum absolute atomic E-state index is 0.571. The predicted octanol–water partition coefficient (Wildman–Crippen LogP) is 13.2. The summed E-state index contributed by atoms with van der Waals surface area (Å²) in [4.78, 5) is 10.3. The van der Waals surface area contributed by atoms with Crippen molar-refractivity contribution in [2.75, 3.05) is 0 Å². The van der Waals surface area contributed by atoms with Crippen molar-refractivity contribution < 1.29 is 0 Å². The normalized spacial score (nSPS) is 14.8. The van der Waals surface area contributed by atoms with Crippen LogP contribution in [-0.2, 0) is 19.4 Å². The second kappa shape index (κ2) is 14.9. The molecule has 57 heavy (non-hydrogen) atoms. The van der Waals surface area contributed by atoms with Gasteiger partial charge in [0, 0.05) is 39.9 Å². The fourth-order valence-corrected chi connectivity index (χ4v) is 8.82. The molecule has 0 fully saturated rings. The van der Waals surface area contributed by atoms with Gasteiger partial charge in [-0.1, -0.05) is 146 Å². The molecule has 0 atom stereocenters. The Morgan fingerprint density at radius 2 is 1.23 bits per heavy atom. The Hall–Kier alpha value is -7.10. The van der Waals surface area contributed by atoms with Crippen molar-refractivity contribution in [1.29, 1.82) is 0 Å². The van der Waals surface area contributed by atoms with Gasteiger partial charge in [-0.2, -0.15) is 0 Å². The molecule has 8 aromatic rings. The van der Waals surface area contributed by atoms with Gasteiger partial charge < -0.3 is 4.57 Å². The minimum Gasteiger partial charge on any atom is -0.310 e. The fraction of sp³-hybridized carbons (Fsp3) is 0.0741. The topological polar surface area (TPSA) is 29.6 Å². The van der Waals surface area contributed by atoms with E-state index in [2.05, 4.69) is 199 Å². The third-order valence-electron chi connectivity index (χ3n) is 11.5. The number of nitrogens with zero attached hydrogens (tertiary/aromatic N) is 3. The molecule has 0 spiro atoms. The van der Waals surface area contributed by atoms with E-state index in [1.807, 2.05) is 0 Å². The average Bonchev–Trinajstić information content (AvgIpc) is 3.82. The van der Waals surface area contributed by atoms with Crippen molar-refractivity contribution in [3.8, 4) is 39.1 Å². The van der Waals surface area contributed by atoms with Gasteiger partial charge in [-0.15, -0.1) is 0 Å². The van der Waals surface area contributed by atoms with Crippen LogP contribution in [0.5, 0.6) is 0 Å². The zero-order valence-electron chi connectivity index (χ0n) is 31.8. The molecule has 2 aliphatic carbocycles. The number of hydrogen-bond donors (Lipinski definition) is 0. The minimum atomic E-state index is 0.571. The lowest BCUT2D eigenvalue weighted by Crippen LogP contribution is -2.03. The predicted molar refractivity (Wildman–Crippen MR) is 240 cm³/mol. The summed E-state index contributed by atoms with van der Waals surface area (Å²) in [6.07, 6.45) is 7.44. The summed E-state index contributed by atoms with van der Waals surface area (Å²) < 4.78 is 2.44. The molecular weight excluding hydrogens is 691 g/mol. The molecule has 0 saturated carbocycles. The van der Waals surface area contributed by atoms with Crippen molar-refractivity contribution in [1.82, 2.24) is 4.57 Å². The van der Waals surface area contributed by atoms with Crippen LogP contribution in [0.25, 0.3) is 61.7 Å². The van der Waals surface area contributed by atoms with Crippen LogP contribution >= 0.6 is 0 Å². The van der Waals surface area contributed by atoms with Crippen LogP contribution in [0.1, 0.15) is 39.9 Å². The molecular formula is C54H41N3. The van der Waals surface area contributed by atoms with Crippen LogP contribution < -0.4 is 0 Å². The molecule has 7 aromatic carbocycles. The SMILES string of the molecule is C=N/C(=C1/Cc2c(cccc2-c2cccc(-n3c4c(c5ccccc53)CCC=C4)c2)C1=NCc1ccccc1)c1cc(-c2ccccc2)cc(-c2ccccc2)c1. The van der Waals surface area contributed by atoms with Crippen molar-refractivity contribution >= 4 is 35.1 Å². The second-order valence-electron chi connectivity index (χ2n) is 14.9. The van der Waals surface area contributed by atoms with E-state index in [0.29, 0.717) is 13.0 Å². The molecule has 3 nitrogen and oxygen atoms in total. The van der Waals surface area contributed by atoms with Crippen molar-refractivity contribution in [3.63, 3.8) is 0 Å². The first kappa shape index (κ1) is 34.4. The first-order chi connectivity index (χ1) is 28.2. The Kier molecular flexibility index (Phi) is 8.97. The smallest absolute Gasteiger partial charge is 0.0752 e. The number of aryl methyl sites for hydroxylation is 1. The molecule has 3 heteroatoms. The first-order valence-corrected chi connectivity index (χ1v) is 19.8. The van der Waals surface area contributed by atoms with Crippen LogP contribution in [0.2, 0.25) is 0 Å². The molecule has 1 aromatic heterocycles. The number of rotatable bonds is 8. The molecule has 0 unspecified atom stereocenters. The summed E-state index contributed by atoms with van der Waals surface area (Å²) in [5.74, 6) is 0. The first-order valence-electron chi connectivity index (χ1n) is 19.8. The van der Waals surface area contributed by atoms with E-state index in [-0.39, 0.29) is 0 Å². The van der Waals surface area contributed by atoms with E-state index >= 15 is 0 Å². The largest absolute Gasteiger partial charge is 0.310 e. The molecule has 0 amide bonds. The number of allylic oxidation sites excluding steroid dienone is 2. The van der Waals surface area contributed by atoms with Crippen molar-refractivity contribution in [2.24, 2.45) is 9.98 Å². The number of hydrogen-bond acceptors (Lipinski definition) is 2. The lowest BCUT2D eigenvalue weighted by Gasteiger charge is -2.14. The van der Waals surface area contributed by atoms with Crippen molar-refractivity contribution in [2.45, 2.75) is 25.8 Å². The van der Waals surface area contributed by atoms with E-state index < -0.39 is 0 Å². The lowest BCUT2D eigenvalue weighted by atomic mass is 9.93. The maximum Gasteiger partial charge on any atom is 0.0752 e. The van der Waals surface area contributed by atoms with Crippen LogP contribution in [0.15, 0.2) is 198 Å².